The van der Waals surface area contributed by atoms with Crippen molar-refractivity contribution in [3.63, 3.8) is 0 Å². The van der Waals surface area contributed by atoms with Gasteiger partial charge in [0.2, 0.25) is 0 Å². The molecule has 1 aliphatic heterocycles. The minimum Gasteiger partial charge on any atom is -0.457 e. The number of esters is 1. The molecule has 1 aromatic carbocycles. The Morgan fingerprint density at radius 1 is 1.38 bits per heavy atom. The Hall–Kier alpha value is -1.39. The first-order valence-corrected chi connectivity index (χ1v) is 5.25. The molecule has 1 aliphatic rings. The van der Waals surface area contributed by atoms with Crippen LogP contribution in [0.25, 0.3) is 0 Å². The van der Waals surface area contributed by atoms with Gasteiger partial charge in [-0.15, -0.1) is 0 Å². The average molecular weight is 222 g/mol. The molecule has 0 aromatic heterocycles. The number of rotatable bonds is 4. The van der Waals surface area contributed by atoms with Crippen LogP contribution in [-0.2, 0) is 20.9 Å². The van der Waals surface area contributed by atoms with Crippen LogP contribution in [0, 0.1) is 0 Å². The lowest BCUT2D eigenvalue weighted by atomic mass is 10.2. The van der Waals surface area contributed by atoms with E-state index < -0.39 is 12.2 Å². The number of hydrogen-bond donors (Lipinski definition) is 1. The molecular formula is C12H14O4. The molecule has 2 atom stereocenters. The fourth-order valence-corrected chi connectivity index (χ4v) is 1.61. The Morgan fingerprint density at radius 2 is 2.12 bits per heavy atom. The van der Waals surface area contributed by atoms with Gasteiger partial charge in [0, 0.05) is 0 Å². The molecule has 0 spiro atoms. The lowest BCUT2D eigenvalue weighted by Gasteiger charge is -2.13. The van der Waals surface area contributed by atoms with Crippen molar-refractivity contribution in [2.24, 2.45) is 0 Å². The summed E-state index contributed by atoms with van der Waals surface area (Å²) in [6.07, 6.45) is -1.18. The van der Waals surface area contributed by atoms with Crippen LogP contribution < -0.4 is 0 Å². The lowest BCUT2D eigenvalue weighted by Crippen LogP contribution is -2.26. The number of carbonyl (C=O) groups is 1. The molecule has 86 valence electrons. The van der Waals surface area contributed by atoms with Gasteiger partial charge in [-0.1, -0.05) is 30.3 Å². The van der Waals surface area contributed by atoms with Gasteiger partial charge in [0.15, 0.2) is 6.10 Å². The third-order valence-corrected chi connectivity index (χ3v) is 2.48. The highest BCUT2D eigenvalue weighted by atomic mass is 16.6. The smallest absolute Gasteiger partial charge is 0.309 e. The molecule has 0 bridgehead atoms. The van der Waals surface area contributed by atoms with Crippen molar-refractivity contribution in [1.82, 2.24) is 0 Å². The maximum absolute atomic E-state index is 10.9. The standard InChI is InChI=1S/C12H14O4/c13-10-6-12(14)16-11(10)8-15-7-9-4-2-1-3-5-9/h1-5,10-11,13H,6-8H2/t10-,11-/m0/s1. The van der Waals surface area contributed by atoms with Crippen LogP contribution >= 0.6 is 0 Å². The normalized spacial score (nSPS) is 24.4. The first-order valence-electron chi connectivity index (χ1n) is 5.25. The summed E-state index contributed by atoms with van der Waals surface area (Å²) < 4.78 is 10.3. The van der Waals surface area contributed by atoms with Crippen LogP contribution in [0.2, 0.25) is 0 Å². The highest BCUT2D eigenvalue weighted by Gasteiger charge is 2.33. The quantitative estimate of drug-likeness (QED) is 0.768. The third-order valence-electron chi connectivity index (χ3n) is 2.48. The highest BCUT2D eigenvalue weighted by molar-refractivity contribution is 5.72. The van der Waals surface area contributed by atoms with Gasteiger partial charge in [-0.25, -0.2) is 0 Å². The van der Waals surface area contributed by atoms with Crippen LogP contribution in [0.4, 0.5) is 0 Å². The molecule has 4 heteroatoms. The Bertz CT molecular complexity index is 349. The summed E-state index contributed by atoms with van der Waals surface area (Å²) in [5.41, 5.74) is 1.06. The van der Waals surface area contributed by atoms with Crippen molar-refractivity contribution in [3.8, 4) is 0 Å². The molecular weight excluding hydrogens is 208 g/mol. The minimum absolute atomic E-state index is 0.0688. The average Bonchev–Trinajstić information content (AvgIpc) is 2.59. The number of benzene rings is 1. The van der Waals surface area contributed by atoms with Gasteiger partial charge in [-0.2, -0.15) is 0 Å². The van der Waals surface area contributed by atoms with E-state index in [1.165, 1.54) is 0 Å². The monoisotopic (exact) mass is 222 g/mol. The van der Waals surface area contributed by atoms with Crippen LogP contribution in [0.1, 0.15) is 12.0 Å². The zero-order valence-electron chi connectivity index (χ0n) is 8.83. The summed E-state index contributed by atoms with van der Waals surface area (Å²) in [6, 6.07) is 9.71. The van der Waals surface area contributed by atoms with Crippen LogP contribution in [-0.4, -0.2) is 29.9 Å². The Balaban J connectivity index is 1.74. The zero-order chi connectivity index (χ0) is 11.4. The fourth-order valence-electron chi connectivity index (χ4n) is 1.61. The predicted molar refractivity (Wildman–Crippen MR) is 56.6 cm³/mol. The molecule has 1 aromatic rings. The molecule has 0 radical (unpaired) electrons. The Morgan fingerprint density at radius 3 is 2.75 bits per heavy atom. The van der Waals surface area contributed by atoms with Gasteiger partial charge >= 0.3 is 5.97 Å². The molecule has 0 amide bonds. The van der Waals surface area contributed by atoms with E-state index >= 15 is 0 Å². The molecule has 1 fully saturated rings. The van der Waals surface area contributed by atoms with Gasteiger partial charge in [-0.3, -0.25) is 4.79 Å². The molecule has 1 saturated heterocycles. The number of aliphatic hydroxyl groups is 1. The van der Waals surface area contributed by atoms with E-state index in [4.69, 9.17) is 9.47 Å². The Labute approximate surface area is 93.8 Å². The van der Waals surface area contributed by atoms with Crippen molar-refractivity contribution >= 4 is 5.97 Å². The number of hydrogen-bond acceptors (Lipinski definition) is 4. The van der Waals surface area contributed by atoms with Crippen molar-refractivity contribution < 1.29 is 19.4 Å². The molecule has 1 N–H and O–H groups in total. The fraction of sp³-hybridized carbons (Fsp3) is 0.417. The molecule has 4 nitrogen and oxygen atoms in total. The first kappa shape index (κ1) is 11.1. The summed E-state index contributed by atoms with van der Waals surface area (Å²) in [6.45, 7) is 0.698. The number of cyclic esters (lactones) is 1. The van der Waals surface area contributed by atoms with Crippen molar-refractivity contribution in [2.75, 3.05) is 6.61 Å². The highest BCUT2D eigenvalue weighted by Crippen LogP contribution is 2.15. The molecule has 1 heterocycles. The van der Waals surface area contributed by atoms with E-state index in [2.05, 4.69) is 0 Å². The van der Waals surface area contributed by atoms with Gasteiger partial charge in [0.1, 0.15) is 6.10 Å². The van der Waals surface area contributed by atoms with Crippen LogP contribution in [0.15, 0.2) is 30.3 Å². The van der Waals surface area contributed by atoms with Gasteiger partial charge in [0.05, 0.1) is 19.6 Å². The number of aliphatic hydroxyl groups excluding tert-OH is 1. The minimum atomic E-state index is -0.733. The third kappa shape index (κ3) is 2.81. The summed E-state index contributed by atoms with van der Waals surface area (Å²) >= 11 is 0. The van der Waals surface area contributed by atoms with E-state index in [0.29, 0.717) is 6.61 Å². The lowest BCUT2D eigenvalue weighted by molar-refractivity contribution is -0.144. The summed E-state index contributed by atoms with van der Waals surface area (Å²) in [4.78, 5) is 10.9. The molecule has 0 saturated carbocycles. The molecule has 0 unspecified atom stereocenters. The molecule has 2 rings (SSSR count). The second-order valence-corrected chi connectivity index (χ2v) is 3.80. The van der Waals surface area contributed by atoms with Crippen molar-refractivity contribution in [2.45, 2.75) is 25.2 Å². The Kier molecular flexibility index (Phi) is 3.54. The predicted octanol–water partition coefficient (Wildman–Crippen LogP) is 0.880. The molecule has 16 heavy (non-hydrogen) atoms. The summed E-state index contributed by atoms with van der Waals surface area (Å²) in [5.74, 6) is -0.360. The second-order valence-electron chi connectivity index (χ2n) is 3.80. The number of carbonyl (C=O) groups excluding carboxylic acids is 1. The maximum Gasteiger partial charge on any atom is 0.309 e. The van der Waals surface area contributed by atoms with Gasteiger partial charge in [-0.05, 0) is 5.56 Å². The van der Waals surface area contributed by atoms with E-state index in [1.54, 1.807) is 0 Å². The topological polar surface area (TPSA) is 55.8 Å². The summed E-state index contributed by atoms with van der Waals surface area (Å²) in [5, 5.41) is 9.43. The van der Waals surface area contributed by atoms with E-state index in [-0.39, 0.29) is 19.0 Å². The van der Waals surface area contributed by atoms with Crippen molar-refractivity contribution in [3.05, 3.63) is 35.9 Å². The van der Waals surface area contributed by atoms with E-state index in [0.717, 1.165) is 5.56 Å². The molecule has 0 aliphatic carbocycles. The van der Waals surface area contributed by atoms with Crippen LogP contribution in [0.3, 0.4) is 0 Å². The maximum atomic E-state index is 10.9. The van der Waals surface area contributed by atoms with Gasteiger partial charge in [0.25, 0.3) is 0 Å². The second kappa shape index (κ2) is 5.09. The largest absolute Gasteiger partial charge is 0.457 e. The first-order chi connectivity index (χ1) is 7.75. The number of ether oxygens (including phenoxy) is 2. The van der Waals surface area contributed by atoms with E-state index in [9.17, 15) is 9.90 Å². The van der Waals surface area contributed by atoms with Gasteiger partial charge < -0.3 is 14.6 Å². The zero-order valence-corrected chi connectivity index (χ0v) is 8.83. The van der Waals surface area contributed by atoms with E-state index in [1.807, 2.05) is 30.3 Å². The van der Waals surface area contributed by atoms with Crippen molar-refractivity contribution in [1.29, 1.82) is 0 Å². The summed E-state index contributed by atoms with van der Waals surface area (Å²) in [7, 11) is 0. The van der Waals surface area contributed by atoms with Crippen LogP contribution in [0.5, 0.6) is 0 Å². The SMILES string of the molecule is O=C1C[C@H](O)[C@H](COCc2ccccc2)O1.